The molecule has 1 aliphatic rings. The third-order valence-electron chi connectivity index (χ3n) is 6.24. The number of benzene rings is 2. The molecule has 7 heteroatoms. The second-order valence-electron chi connectivity index (χ2n) is 10.1. The Morgan fingerprint density at radius 2 is 1.72 bits per heavy atom. The molecule has 1 fully saturated rings. The van der Waals surface area contributed by atoms with Gasteiger partial charge in [0.2, 0.25) is 5.88 Å². The van der Waals surface area contributed by atoms with Crippen LogP contribution in [0.15, 0.2) is 54.6 Å². The summed E-state index contributed by atoms with van der Waals surface area (Å²) < 4.78 is 19.3. The number of nitrogens with zero attached hydrogens (tertiary/aromatic N) is 3. The fraction of sp³-hybridized carbons (Fsp3) is 0.483. The monoisotopic (exact) mass is 493 g/mol. The minimum absolute atomic E-state index is 0.344. The van der Waals surface area contributed by atoms with Crippen LogP contribution in [0.2, 0.25) is 0 Å². The number of aliphatic hydroxyl groups is 1. The minimum Gasteiger partial charge on any atom is -0.497 e. The molecule has 1 N–H and O–H groups in total. The number of hydrogen-bond acceptors (Lipinski definition) is 6. The van der Waals surface area contributed by atoms with Gasteiger partial charge in [-0.15, -0.1) is 0 Å². The molecule has 0 amide bonds. The van der Waals surface area contributed by atoms with Crippen molar-refractivity contribution in [3.8, 4) is 23.1 Å². The molecule has 0 spiro atoms. The number of ether oxygens (including phenoxy) is 3. The van der Waals surface area contributed by atoms with Crippen molar-refractivity contribution in [1.82, 2.24) is 14.7 Å². The number of aryl methyl sites for hydroxylation is 1. The molecule has 2 aromatic carbocycles. The van der Waals surface area contributed by atoms with E-state index < -0.39 is 6.10 Å². The van der Waals surface area contributed by atoms with Crippen molar-refractivity contribution >= 4 is 0 Å². The zero-order valence-electron chi connectivity index (χ0n) is 21.9. The molecule has 1 aliphatic carbocycles. The predicted molar refractivity (Wildman–Crippen MR) is 141 cm³/mol. The number of methoxy groups -OCH3 is 1. The summed E-state index contributed by atoms with van der Waals surface area (Å²) in [5.74, 6) is 3.31. The molecule has 36 heavy (non-hydrogen) atoms. The summed E-state index contributed by atoms with van der Waals surface area (Å²) in [6.45, 7) is 9.38. The van der Waals surface area contributed by atoms with Crippen LogP contribution in [0, 0.1) is 18.8 Å². The summed E-state index contributed by atoms with van der Waals surface area (Å²) in [6.07, 6.45) is 1.94. The molecule has 1 heterocycles. The van der Waals surface area contributed by atoms with Crippen LogP contribution in [0.1, 0.15) is 37.9 Å². The zero-order chi connectivity index (χ0) is 25.5. The summed E-state index contributed by atoms with van der Waals surface area (Å²) in [5.41, 5.74) is 2.87. The van der Waals surface area contributed by atoms with Gasteiger partial charge >= 0.3 is 0 Å². The molecular formula is C29H39N3O4. The Kier molecular flexibility index (Phi) is 9.02. The molecule has 4 rings (SSSR count). The van der Waals surface area contributed by atoms with Gasteiger partial charge in [0.25, 0.3) is 0 Å². The molecular weight excluding hydrogens is 454 g/mol. The molecule has 0 saturated heterocycles. The second kappa shape index (κ2) is 12.4. The first-order valence-electron chi connectivity index (χ1n) is 12.9. The summed E-state index contributed by atoms with van der Waals surface area (Å²) in [7, 11) is 1.65. The molecule has 3 aromatic rings. The summed E-state index contributed by atoms with van der Waals surface area (Å²) in [6, 6.07) is 17.6. The lowest BCUT2D eigenvalue weighted by atomic mass is 10.2. The normalized spacial score (nSPS) is 14.4. The van der Waals surface area contributed by atoms with Crippen LogP contribution < -0.4 is 9.47 Å². The molecule has 1 unspecified atom stereocenters. The van der Waals surface area contributed by atoms with Crippen LogP contribution in [0.5, 0.6) is 17.4 Å². The van der Waals surface area contributed by atoms with Gasteiger partial charge in [0.15, 0.2) is 0 Å². The Bertz CT molecular complexity index is 1080. The molecule has 0 bridgehead atoms. The van der Waals surface area contributed by atoms with E-state index in [1.807, 2.05) is 66.2 Å². The molecule has 194 valence electrons. The van der Waals surface area contributed by atoms with Gasteiger partial charge in [-0.3, -0.25) is 4.90 Å². The van der Waals surface area contributed by atoms with Crippen molar-refractivity contribution in [2.45, 2.75) is 46.3 Å². The highest BCUT2D eigenvalue weighted by molar-refractivity contribution is 5.44. The Hall–Kier alpha value is -2.87. The first-order chi connectivity index (χ1) is 17.4. The number of rotatable bonds is 14. The molecule has 1 saturated carbocycles. The Morgan fingerprint density at radius 1 is 1.03 bits per heavy atom. The fourth-order valence-electron chi connectivity index (χ4n) is 4.21. The van der Waals surface area contributed by atoms with Gasteiger partial charge in [-0.25, -0.2) is 4.68 Å². The lowest BCUT2D eigenvalue weighted by Crippen LogP contribution is -2.36. The average Bonchev–Trinajstić information content (AvgIpc) is 3.64. The van der Waals surface area contributed by atoms with E-state index in [1.54, 1.807) is 7.11 Å². The maximum Gasteiger partial charge on any atom is 0.227 e. The van der Waals surface area contributed by atoms with Crippen molar-refractivity contribution in [1.29, 1.82) is 0 Å². The molecule has 0 radical (unpaired) electrons. The molecule has 7 nitrogen and oxygen atoms in total. The number of aromatic nitrogens is 2. The van der Waals surface area contributed by atoms with E-state index in [2.05, 4.69) is 18.7 Å². The van der Waals surface area contributed by atoms with E-state index in [-0.39, 0.29) is 0 Å². The Morgan fingerprint density at radius 3 is 2.36 bits per heavy atom. The summed E-state index contributed by atoms with van der Waals surface area (Å²) in [4.78, 5) is 2.32. The van der Waals surface area contributed by atoms with Gasteiger partial charge in [-0.05, 0) is 68.0 Å². The maximum atomic E-state index is 10.7. The van der Waals surface area contributed by atoms with E-state index in [0.29, 0.717) is 49.8 Å². The van der Waals surface area contributed by atoms with Gasteiger partial charge in [-0.2, -0.15) is 5.10 Å². The van der Waals surface area contributed by atoms with E-state index in [1.165, 1.54) is 12.8 Å². The quantitative estimate of drug-likeness (QED) is 0.332. The largest absolute Gasteiger partial charge is 0.497 e. The Balaban J connectivity index is 1.59. The fourth-order valence-corrected chi connectivity index (χ4v) is 4.21. The lowest BCUT2D eigenvalue weighted by molar-refractivity contribution is 0.00609. The highest BCUT2D eigenvalue weighted by Crippen LogP contribution is 2.34. The highest BCUT2D eigenvalue weighted by Gasteiger charge is 2.28. The lowest BCUT2D eigenvalue weighted by Gasteiger charge is -2.25. The van der Waals surface area contributed by atoms with Crippen LogP contribution in [-0.2, 0) is 11.3 Å². The van der Waals surface area contributed by atoms with Gasteiger partial charge < -0.3 is 19.3 Å². The van der Waals surface area contributed by atoms with E-state index in [0.717, 1.165) is 29.2 Å². The van der Waals surface area contributed by atoms with Crippen LogP contribution in [0.25, 0.3) is 5.69 Å². The molecule has 1 aromatic heterocycles. The van der Waals surface area contributed by atoms with Gasteiger partial charge in [0.1, 0.15) is 11.5 Å². The summed E-state index contributed by atoms with van der Waals surface area (Å²) in [5, 5.41) is 15.6. The third-order valence-corrected chi connectivity index (χ3v) is 6.24. The first-order valence-corrected chi connectivity index (χ1v) is 12.9. The zero-order valence-corrected chi connectivity index (χ0v) is 21.9. The smallest absolute Gasteiger partial charge is 0.227 e. The highest BCUT2D eigenvalue weighted by atomic mass is 16.5. The van der Waals surface area contributed by atoms with E-state index in [9.17, 15) is 5.11 Å². The first kappa shape index (κ1) is 26.2. The van der Waals surface area contributed by atoms with Gasteiger partial charge in [0, 0.05) is 26.2 Å². The van der Waals surface area contributed by atoms with Crippen LogP contribution in [0.3, 0.4) is 0 Å². The average molecular weight is 494 g/mol. The van der Waals surface area contributed by atoms with Gasteiger partial charge in [0.05, 0.1) is 36.8 Å². The number of hydrogen-bond donors (Lipinski definition) is 1. The maximum absolute atomic E-state index is 10.7. The summed E-state index contributed by atoms with van der Waals surface area (Å²) >= 11 is 0. The Labute approximate surface area is 214 Å². The topological polar surface area (TPSA) is 69.0 Å². The van der Waals surface area contributed by atoms with Crippen molar-refractivity contribution in [2.75, 3.05) is 33.4 Å². The molecule has 0 aliphatic heterocycles. The van der Waals surface area contributed by atoms with Crippen molar-refractivity contribution in [3.05, 3.63) is 65.9 Å². The second-order valence-corrected chi connectivity index (χ2v) is 10.1. The van der Waals surface area contributed by atoms with Crippen molar-refractivity contribution < 1.29 is 19.3 Å². The van der Waals surface area contributed by atoms with E-state index in [4.69, 9.17) is 19.3 Å². The van der Waals surface area contributed by atoms with Crippen LogP contribution in [0.4, 0.5) is 0 Å². The third kappa shape index (κ3) is 7.32. The standard InChI is InChI=1S/C29H39N3O4/c1-21(2)19-35-20-25(33)17-31(16-23-10-11-23)18-28-22(3)30-32(24-8-6-5-7-9-24)29(28)36-27-14-12-26(34-4)13-15-27/h5-9,12-15,21,23,25,33H,10-11,16-20H2,1-4H3. The SMILES string of the molecule is COc1ccc(Oc2c(CN(CC(O)COCC(C)C)CC3CC3)c(C)nn2-c2ccccc2)cc1. The van der Waals surface area contributed by atoms with Crippen LogP contribution >= 0.6 is 0 Å². The van der Waals surface area contributed by atoms with Crippen molar-refractivity contribution in [2.24, 2.45) is 11.8 Å². The van der Waals surface area contributed by atoms with Gasteiger partial charge in [-0.1, -0.05) is 32.0 Å². The number of aliphatic hydroxyl groups excluding tert-OH is 1. The molecule has 1 atom stereocenters. The van der Waals surface area contributed by atoms with Crippen molar-refractivity contribution in [3.63, 3.8) is 0 Å². The number of para-hydroxylation sites is 1. The van der Waals surface area contributed by atoms with Crippen LogP contribution in [-0.4, -0.2) is 59.3 Å². The predicted octanol–water partition coefficient (Wildman–Crippen LogP) is 5.23. The minimum atomic E-state index is -0.544. The van der Waals surface area contributed by atoms with E-state index >= 15 is 0 Å².